The van der Waals surface area contributed by atoms with Crippen LogP contribution in [0.5, 0.6) is 0 Å². The van der Waals surface area contributed by atoms with Gasteiger partial charge in [0, 0.05) is 30.6 Å². The largest absolute Gasteiger partial charge is 0.340 e. The molecule has 0 saturated heterocycles. The van der Waals surface area contributed by atoms with Gasteiger partial charge in [0.25, 0.3) is 0 Å². The summed E-state index contributed by atoms with van der Waals surface area (Å²) in [4.78, 5) is 4.60. The van der Waals surface area contributed by atoms with E-state index in [9.17, 15) is 5.26 Å². The van der Waals surface area contributed by atoms with E-state index in [2.05, 4.69) is 47.4 Å². The second kappa shape index (κ2) is 8.77. The fourth-order valence-electron chi connectivity index (χ4n) is 3.33. The summed E-state index contributed by atoms with van der Waals surface area (Å²) in [6, 6.07) is 13.6. The highest BCUT2D eigenvalue weighted by Gasteiger charge is 2.13. The highest BCUT2D eigenvalue weighted by Crippen LogP contribution is 2.24. The maximum absolute atomic E-state index is 9.49. The first kappa shape index (κ1) is 20.2. The van der Waals surface area contributed by atoms with Gasteiger partial charge in [-0.25, -0.2) is 4.98 Å². The molecule has 0 bridgehead atoms. The van der Waals surface area contributed by atoms with Crippen molar-refractivity contribution in [3.63, 3.8) is 0 Å². The van der Waals surface area contributed by atoms with Crippen molar-refractivity contribution in [1.82, 2.24) is 44.5 Å². The number of anilines is 4. The van der Waals surface area contributed by atoms with Crippen LogP contribution in [0.3, 0.4) is 0 Å². The van der Waals surface area contributed by atoms with Gasteiger partial charge in [-0.15, -0.1) is 10.2 Å². The van der Waals surface area contributed by atoms with Crippen molar-refractivity contribution in [2.75, 3.05) is 24.2 Å². The van der Waals surface area contributed by atoms with Crippen molar-refractivity contribution in [2.24, 2.45) is 0 Å². The average Bonchev–Trinajstić information content (AvgIpc) is 3.59. The Hall–Kier alpha value is -4.76. The topological polar surface area (TPSA) is 139 Å². The minimum atomic E-state index is 0.375. The molecule has 0 radical (unpaired) electrons. The molecule has 0 fully saturated rings. The fraction of sp³-hybridized carbons (Fsp3) is 0.143. The van der Waals surface area contributed by atoms with Gasteiger partial charge < -0.3 is 16.0 Å². The van der Waals surface area contributed by atoms with Crippen LogP contribution in [0.25, 0.3) is 11.3 Å². The van der Waals surface area contributed by atoms with Gasteiger partial charge in [-0.1, -0.05) is 6.07 Å². The van der Waals surface area contributed by atoms with Crippen molar-refractivity contribution in [3.8, 4) is 11.8 Å². The molecule has 4 heterocycles. The average molecular weight is 440 g/mol. The Morgan fingerprint density at radius 1 is 1.06 bits per heavy atom. The van der Waals surface area contributed by atoms with Gasteiger partial charge >= 0.3 is 0 Å². The molecule has 0 atom stereocenters. The van der Waals surface area contributed by atoms with E-state index in [1.807, 2.05) is 58.9 Å². The van der Waals surface area contributed by atoms with Gasteiger partial charge in [-0.3, -0.25) is 9.25 Å². The third kappa shape index (κ3) is 4.21. The van der Waals surface area contributed by atoms with E-state index < -0.39 is 0 Å². The van der Waals surface area contributed by atoms with E-state index in [0.29, 0.717) is 28.7 Å². The van der Waals surface area contributed by atoms with Crippen LogP contribution in [0.4, 0.5) is 23.1 Å². The summed E-state index contributed by atoms with van der Waals surface area (Å²) in [6.07, 6.45) is 6.66. The monoisotopic (exact) mass is 440 g/mol. The molecule has 5 aromatic rings. The Kier molecular flexibility index (Phi) is 5.36. The number of nitriles is 1. The van der Waals surface area contributed by atoms with E-state index in [1.54, 1.807) is 17.2 Å². The molecule has 0 aliphatic heterocycles. The normalized spacial score (nSPS) is 10.9. The molecule has 0 amide bonds. The van der Waals surface area contributed by atoms with Crippen LogP contribution in [0.15, 0.2) is 61.4 Å². The predicted octanol–water partition coefficient (Wildman–Crippen LogP) is 2.08. The molecule has 0 spiro atoms. The zero-order valence-electron chi connectivity index (χ0n) is 17.7. The van der Waals surface area contributed by atoms with E-state index in [-0.39, 0.29) is 0 Å². The van der Waals surface area contributed by atoms with Crippen molar-refractivity contribution >= 4 is 28.8 Å². The number of hydrogen-bond acceptors (Lipinski definition) is 9. The molecule has 3 N–H and O–H groups in total. The Morgan fingerprint density at radius 3 is 2.76 bits per heavy atom. The maximum Gasteiger partial charge on any atom is 0.177 e. The van der Waals surface area contributed by atoms with Gasteiger partial charge in [0.05, 0.1) is 18.4 Å². The van der Waals surface area contributed by atoms with Crippen LogP contribution >= 0.6 is 0 Å². The first-order valence-electron chi connectivity index (χ1n) is 10.2. The van der Waals surface area contributed by atoms with Gasteiger partial charge in [-0.05, 0) is 25.2 Å². The molecule has 33 heavy (non-hydrogen) atoms. The standard InChI is InChI=1S/C21H20N12/c1-23-6-8-32-7-5-18(30-32)28-20-10-19(29-21-15(11-22)12-26-33(20)21)27-16-3-2-4-17(9-16)31-13-24-25-14-31/h2-5,7,9-10,12-14,23H,6,8H2,1H3,(H,27,29)(H,28,30). The van der Waals surface area contributed by atoms with Gasteiger partial charge in [0.15, 0.2) is 11.5 Å². The van der Waals surface area contributed by atoms with Crippen LogP contribution in [0.2, 0.25) is 0 Å². The third-order valence-corrected chi connectivity index (χ3v) is 4.92. The summed E-state index contributed by atoms with van der Waals surface area (Å²) in [5.41, 5.74) is 2.53. The summed E-state index contributed by atoms with van der Waals surface area (Å²) >= 11 is 0. The quantitative estimate of drug-likeness (QED) is 0.331. The Balaban J connectivity index is 1.48. The lowest BCUT2D eigenvalue weighted by atomic mass is 10.2. The zero-order chi connectivity index (χ0) is 22.6. The van der Waals surface area contributed by atoms with Crippen LogP contribution in [-0.4, -0.2) is 52.7 Å². The number of nitrogens with zero attached hydrogens (tertiary/aromatic N) is 9. The smallest absolute Gasteiger partial charge is 0.177 e. The predicted molar refractivity (Wildman–Crippen MR) is 122 cm³/mol. The molecule has 0 unspecified atom stereocenters. The number of nitrogens with one attached hydrogen (secondary N) is 3. The minimum absolute atomic E-state index is 0.375. The SMILES string of the molecule is CNCCn1ccc(Nc2cc(Nc3cccc(-n4cnnc4)c3)nc3c(C#N)cnn23)n1. The zero-order valence-corrected chi connectivity index (χ0v) is 17.7. The molecule has 0 saturated carbocycles. The summed E-state index contributed by atoms with van der Waals surface area (Å²) in [6.45, 7) is 1.56. The lowest BCUT2D eigenvalue weighted by molar-refractivity contribution is 0.586. The number of benzene rings is 1. The molecule has 12 nitrogen and oxygen atoms in total. The van der Waals surface area contributed by atoms with Gasteiger partial charge in [-0.2, -0.15) is 20.0 Å². The molecule has 1 aromatic carbocycles. The van der Waals surface area contributed by atoms with Crippen LogP contribution in [-0.2, 0) is 6.54 Å². The van der Waals surface area contributed by atoms with Crippen molar-refractivity contribution < 1.29 is 0 Å². The summed E-state index contributed by atoms with van der Waals surface area (Å²) < 4.78 is 5.24. The lowest BCUT2D eigenvalue weighted by Crippen LogP contribution is -2.15. The maximum atomic E-state index is 9.49. The summed E-state index contributed by atoms with van der Waals surface area (Å²) in [5.74, 6) is 1.84. The summed E-state index contributed by atoms with van der Waals surface area (Å²) in [5, 5.41) is 35.7. The van der Waals surface area contributed by atoms with Crippen LogP contribution in [0, 0.1) is 11.3 Å². The second-order valence-electron chi connectivity index (χ2n) is 7.17. The van der Waals surface area contributed by atoms with E-state index in [4.69, 9.17) is 0 Å². The van der Waals surface area contributed by atoms with Crippen LogP contribution < -0.4 is 16.0 Å². The molecule has 0 aliphatic carbocycles. The highest BCUT2D eigenvalue weighted by atomic mass is 15.4. The number of fused-ring (bicyclic) bond motifs is 1. The Labute approximate surface area is 188 Å². The molecule has 0 aliphatic rings. The fourth-order valence-corrected chi connectivity index (χ4v) is 3.33. The lowest BCUT2D eigenvalue weighted by Gasteiger charge is -2.12. The molecule has 164 valence electrons. The number of rotatable bonds is 8. The van der Waals surface area contributed by atoms with Crippen molar-refractivity contribution in [1.29, 1.82) is 5.26 Å². The minimum Gasteiger partial charge on any atom is -0.340 e. The number of hydrogen-bond donors (Lipinski definition) is 3. The molecule has 12 heteroatoms. The molecular weight excluding hydrogens is 420 g/mol. The van der Waals surface area contributed by atoms with E-state index in [0.717, 1.165) is 24.5 Å². The Bertz CT molecular complexity index is 1420. The first-order chi connectivity index (χ1) is 16.2. The van der Waals surface area contributed by atoms with Gasteiger partial charge in [0.2, 0.25) is 0 Å². The highest BCUT2D eigenvalue weighted by molar-refractivity contribution is 5.69. The molecule has 4 aromatic heterocycles. The van der Waals surface area contributed by atoms with E-state index in [1.165, 1.54) is 6.20 Å². The Morgan fingerprint density at radius 2 is 1.94 bits per heavy atom. The number of likely N-dealkylation sites (N-methyl/N-ethyl adjacent to an activating group) is 1. The molecular formula is C21H20N12. The first-order valence-corrected chi connectivity index (χ1v) is 10.2. The number of aromatic nitrogens is 8. The van der Waals surface area contributed by atoms with Crippen LogP contribution in [0.1, 0.15) is 5.56 Å². The van der Waals surface area contributed by atoms with E-state index >= 15 is 0 Å². The summed E-state index contributed by atoms with van der Waals surface area (Å²) in [7, 11) is 1.90. The van der Waals surface area contributed by atoms with Gasteiger partial charge in [0.1, 0.15) is 35.9 Å². The second-order valence-corrected chi connectivity index (χ2v) is 7.17. The molecule has 5 rings (SSSR count). The van der Waals surface area contributed by atoms with Crippen molar-refractivity contribution in [3.05, 3.63) is 67.0 Å². The third-order valence-electron chi connectivity index (χ3n) is 4.92. The van der Waals surface area contributed by atoms with Crippen molar-refractivity contribution in [2.45, 2.75) is 6.54 Å².